The van der Waals surface area contributed by atoms with E-state index in [1.807, 2.05) is 11.8 Å². The van der Waals surface area contributed by atoms with Crippen LogP contribution in [0.2, 0.25) is 0 Å². The third-order valence-electron chi connectivity index (χ3n) is 5.26. The van der Waals surface area contributed by atoms with Crippen LogP contribution >= 0.6 is 0 Å². The molecule has 114 valence electrons. The average molecular weight is 281 g/mol. The molecule has 0 bridgehead atoms. The van der Waals surface area contributed by atoms with Crippen LogP contribution in [-0.2, 0) is 9.59 Å². The second-order valence-electron chi connectivity index (χ2n) is 6.80. The zero-order valence-electron chi connectivity index (χ0n) is 12.5. The molecule has 1 aliphatic carbocycles. The van der Waals surface area contributed by atoms with E-state index in [-0.39, 0.29) is 11.8 Å². The summed E-state index contributed by atoms with van der Waals surface area (Å²) >= 11 is 0. The molecule has 0 aromatic rings. The van der Waals surface area contributed by atoms with Crippen LogP contribution in [0.15, 0.2) is 0 Å². The van der Waals surface area contributed by atoms with E-state index in [2.05, 4.69) is 0 Å². The number of nitrogens with zero attached hydrogens (tertiary/aromatic N) is 1. The Bertz CT molecular complexity index is 389. The maximum atomic E-state index is 12.9. The van der Waals surface area contributed by atoms with Gasteiger partial charge in [0, 0.05) is 19.6 Å². The molecule has 5 heteroatoms. The van der Waals surface area contributed by atoms with E-state index in [0.29, 0.717) is 26.1 Å². The Morgan fingerprint density at radius 2 is 1.70 bits per heavy atom. The number of carbonyl (C=O) groups excluding carboxylic acids is 2. The number of primary amides is 1. The maximum Gasteiger partial charge on any atom is 0.230 e. The molecule has 2 amide bonds. The smallest absolute Gasteiger partial charge is 0.230 e. The Labute approximate surface area is 121 Å². The van der Waals surface area contributed by atoms with Gasteiger partial charge in [-0.25, -0.2) is 0 Å². The van der Waals surface area contributed by atoms with Crippen molar-refractivity contribution < 1.29 is 9.59 Å². The SMILES string of the molecule is CC1(C(N)=O)CCN(C(=O)C2(CN)CCCCCC2)C1. The van der Waals surface area contributed by atoms with E-state index < -0.39 is 10.8 Å². The third-order valence-corrected chi connectivity index (χ3v) is 5.26. The van der Waals surface area contributed by atoms with Gasteiger partial charge in [0.1, 0.15) is 0 Å². The topological polar surface area (TPSA) is 89.4 Å². The summed E-state index contributed by atoms with van der Waals surface area (Å²) < 4.78 is 0. The Balaban J connectivity index is 2.12. The molecule has 20 heavy (non-hydrogen) atoms. The van der Waals surface area contributed by atoms with E-state index in [1.165, 1.54) is 12.8 Å². The number of rotatable bonds is 3. The zero-order valence-corrected chi connectivity index (χ0v) is 12.5. The quantitative estimate of drug-likeness (QED) is 0.757. The molecular formula is C15H27N3O2. The van der Waals surface area contributed by atoms with E-state index in [4.69, 9.17) is 11.5 Å². The summed E-state index contributed by atoms with van der Waals surface area (Å²) in [7, 11) is 0. The summed E-state index contributed by atoms with van der Waals surface area (Å²) in [6.45, 7) is 3.34. The molecule has 2 fully saturated rings. The lowest BCUT2D eigenvalue weighted by atomic mass is 9.79. The van der Waals surface area contributed by atoms with Crippen molar-refractivity contribution in [3.05, 3.63) is 0 Å². The minimum absolute atomic E-state index is 0.145. The van der Waals surface area contributed by atoms with Crippen molar-refractivity contribution in [3.63, 3.8) is 0 Å². The largest absolute Gasteiger partial charge is 0.369 e. The highest BCUT2D eigenvalue weighted by molar-refractivity contribution is 5.86. The molecule has 2 rings (SSSR count). The second-order valence-corrected chi connectivity index (χ2v) is 6.80. The first-order valence-corrected chi connectivity index (χ1v) is 7.73. The Hall–Kier alpha value is -1.10. The lowest BCUT2D eigenvalue weighted by Crippen LogP contribution is -2.48. The molecule has 1 heterocycles. The molecule has 0 aromatic carbocycles. The highest BCUT2D eigenvalue weighted by atomic mass is 16.2. The first kappa shape index (κ1) is 15.3. The maximum absolute atomic E-state index is 12.9. The first-order valence-electron chi connectivity index (χ1n) is 7.73. The predicted molar refractivity (Wildman–Crippen MR) is 77.7 cm³/mol. The van der Waals surface area contributed by atoms with Crippen molar-refractivity contribution in [3.8, 4) is 0 Å². The van der Waals surface area contributed by atoms with Gasteiger partial charge in [-0.2, -0.15) is 0 Å². The van der Waals surface area contributed by atoms with Crippen molar-refractivity contribution in [2.75, 3.05) is 19.6 Å². The molecule has 2 aliphatic rings. The molecule has 0 aromatic heterocycles. The van der Waals surface area contributed by atoms with Crippen LogP contribution in [0.1, 0.15) is 51.9 Å². The highest BCUT2D eigenvalue weighted by Crippen LogP contribution is 2.39. The van der Waals surface area contributed by atoms with Crippen LogP contribution in [0.5, 0.6) is 0 Å². The van der Waals surface area contributed by atoms with Gasteiger partial charge in [0.05, 0.1) is 10.8 Å². The van der Waals surface area contributed by atoms with Gasteiger partial charge >= 0.3 is 0 Å². The van der Waals surface area contributed by atoms with E-state index in [1.54, 1.807) is 0 Å². The fourth-order valence-electron chi connectivity index (χ4n) is 3.58. The Morgan fingerprint density at radius 1 is 1.10 bits per heavy atom. The number of amides is 2. The fourth-order valence-corrected chi connectivity index (χ4v) is 3.58. The van der Waals surface area contributed by atoms with Crippen molar-refractivity contribution in [2.45, 2.75) is 51.9 Å². The molecule has 1 saturated heterocycles. The van der Waals surface area contributed by atoms with Crippen molar-refractivity contribution in [2.24, 2.45) is 22.3 Å². The number of nitrogens with two attached hydrogens (primary N) is 2. The first-order chi connectivity index (χ1) is 9.43. The summed E-state index contributed by atoms with van der Waals surface area (Å²) in [5, 5.41) is 0. The van der Waals surface area contributed by atoms with Gasteiger partial charge in [-0.05, 0) is 26.2 Å². The van der Waals surface area contributed by atoms with E-state index in [9.17, 15) is 9.59 Å². The summed E-state index contributed by atoms with van der Waals surface area (Å²) in [6, 6.07) is 0. The summed E-state index contributed by atoms with van der Waals surface area (Å²) in [5.74, 6) is -0.165. The number of likely N-dealkylation sites (tertiary alicyclic amines) is 1. The highest BCUT2D eigenvalue weighted by Gasteiger charge is 2.46. The van der Waals surface area contributed by atoms with Gasteiger partial charge in [-0.3, -0.25) is 9.59 Å². The molecular weight excluding hydrogens is 254 g/mol. The Morgan fingerprint density at radius 3 is 2.15 bits per heavy atom. The number of carbonyl (C=O) groups is 2. The minimum Gasteiger partial charge on any atom is -0.369 e. The molecule has 1 saturated carbocycles. The second kappa shape index (κ2) is 5.72. The lowest BCUT2D eigenvalue weighted by molar-refractivity contribution is -0.142. The van der Waals surface area contributed by atoms with Gasteiger partial charge in [-0.15, -0.1) is 0 Å². The van der Waals surface area contributed by atoms with Gasteiger partial charge in [0.2, 0.25) is 11.8 Å². The molecule has 4 N–H and O–H groups in total. The average Bonchev–Trinajstić information content (AvgIpc) is 2.69. The van der Waals surface area contributed by atoms with Crippen LogP contribution in [0.3, 0.4) is 0 Å². The standard InChI is InChI=1S/C15H27N3O2/c1-14(12(17)19)8-9-18(11-14)13(20)15(10-16)6-4-2-3-5-7-15/h2-11,16H2,1H3,(H2,17,19). The minimum atomic E-state index is -0.573. The van der Waals surface area contributed by atoms with Crippen molar-refractivity contribution in [1.29, 1.82) is 0 Å². The summed E-state index contributed by atoms with van der Waals surface area (Å²) in [5.41, 5.74) is 10.4. The molecule has 1 aliphatic heterocycles. The number of hydrogen-bond donors (Lipinski definition) is 2. The van der Waals surface area contributed by atoms with Gasteiger partial charge in [0.15, 0.2) is 0 Å². The summed E-state index contributed by atoms with van der Waals surface area (Å²) in [6.07, 6.45) is 6.95. The van der Waals surface area contributed by atoms with Crippen molar-refractivity contribution >= 4 is 11.8 Å². The fraction of sp³-hybridized carbons (Fsp3) is 0.867. The van der Waals surface area contributed by atoms with E-state index >= 15 is 0 Å². The number of hydrogen-bond acceptors (Lipinski definition) is 3. The van der Waals surface area contributed by atoms with Gasteiger partial charge in [-0.1, -0.05) is 25.7 Å². The summed E-state index contributed by atoms with van der Waals surface area (Å²) in [4.78, 5) is 26.3. The van der Waals surface area contributed by atoms with Gasteiger partial charge in [0.25, 0.3) is 0 Å². The Kier molecular flexibility index (Phi) is 4.37. The van der Waals surface area contributed by atoms with Crippen LogP contribution in [0, 0.1) is 10.8 Å². The van der Waals surface area contributed by atoms with Gasteiger partial charge < -0.3 is 16.4 Å². The third kappa shape index (κ3) is 2.68. The zero-order chi connectivity index (χ0) is 14.8. The monoisotopic (exact) mass is 281 g/mol. The predicted octanol–water partition coefficient (Wildman–Crippen LogP) is 1.01. The molecule has 1 unspecified atom stereocenters. The normalized spacial score (nSPS) is 30.0. The van der Waals surface area contributed by atoms with Crippen LogP contribution in [0.25, 0.3) is 0 Å². The molecule has 0 spiro atoms. The van der Waals surface area contributed by atoms with Crippen LogP contribution < -0.4 is 11.5 Å². The van der Waals surface area contributed by atoms with E-state index in [0.717, 1.165) is 25.7 Å². The van der Waals surface area contributed by atoms with Crippen molar-refractivity contribution in [1.82, 2.24) is 4.90 Å². The molecule has 5 nitrogen and oxygen atoms in total. The van der Waals surface area contributed by atoms with Crippen LogP contribution in [-0.4, -0.2) is 36.3 Å². The lowest BCUT2D eigenvalue weighted by Gasteiger charge is -2.34. The molecule has 0 radical (unpaired) electrons. The van der Waals surface area contributed by atoms with Crippen LogP contribution in [0.4, 0.5) is 0 Å². The molecule has 1 atom stereocenters.